The molecule has 2 aromatic rings. The number of hydrogen-bond acceptors (Lipinski definition) is 2. The standard InChI is InChI=1S/C17H13F3O2/c1-22-16-8-3-2-7-14(16)15(21)10-9-12-5-4-6-13(11-12)17(18,19)20/h2-11H,1H3/b10-9+. The van der Waals surface area contributed by atoms with Crippen LogP contribution in [0.1, 0.15) is 21.5 Å². The van der Waals surface area contributed by atoms with Crippen LogP contribution < -0.4 is 4.74 Å². The molecular weight excluding hydrogens is 293 g/mol. The lowest BCUT2D eigenvalue weighted by atomic mass is 10.1. The highest BCUT2D eigenvalue weighted by Crippen LogP contribution is 2.29. The summed E-state index contributed by atoms with van der Waals surface area (Å²) in [6.07, 6.45) is -1.83. The molecule has 0 atom stereocenters. The molecule has 0 radical (unpaired) electrons. The second kappa shape index (κ2) is 6.47. The second-order valence-electron chi connectivity index (χ2n) is 4.52. The predicted molar refractivity (Wildman–Crippen MR) is 77.8 cm³/mol. The zero-order chi connectivity index (χ0) is 16.2. The Hall–Kier alpha value is -2.56. The molecule has 0 aromatic heterocycles. The van der Waals surface area contributed by atoms with Gasteiger partial charge in [-0.1, -0.05) is 30.3 Å². The average Bonchev–Trinajstić information content (AvgIpc) is 2.52. The number of ether oxygens (including phenoxy) is 1. The van der Waals surface area contributed by atoms with Gasteiger partial charge in [-0.2, -0.15) is 13.2 Å². The molecule has 2 nitrogen and oxygen atoms in total. The van der Waals surface area contributed by atoms with Crippen LogP contribution in [0.15, 0.2) is 54.6 Å². The van der Waals surface area contributed by atoms with Gasteiger partial charge < -0.3 is 4.74 Å². The number of hydrogen-bond donors (Lipinski definition) is 0. The Morgan fingerprint density at radius 2 is 1.82 bits per heavy atom. The van der Waals surface area contributed by atoms with Gasteiger partial charge in [0.15, 0.2) is 5.78 Å². The van der Waals surface area contributed by atoms with Crippen LogP contribution in [0.25, 0.3) is 6.08 Å². The second-order valence-corrected chi connectivity index (χ2v) is 4.52. The van der Waals surface area contributed by atoms with Crippen LogP contribution in [0.5, 0.6) is 5.75 Å². The van der Waals surface area contributed by atoms with Gasteiger partial charge in [0, 0.05) is 0 Å². The minimum atomic E-state index is -4.41. The maximum absolute atomic E-state index is 12.6. The van der Waals surface area contributed by atoms with Crippen LogP contribution in [0.3, 0.4) is 0 Å². The Balaban J connectivity index is 2.23. The number of alkyl halides is 3. The first-order chi connectivity index (χ1) is 10.4. The van der Waals surface area contributed by atoms with Crippen LogP contribution >= 0.6 is 0 Å². The predicted octanol–water partition coefficient (Wildman–Crippen LogP) is 4.61. The number of carbonyl (C=O) groups excluding carboxylic acids is 1. The molecule has 0 unspecified atom stereocenters. The third-order valence-electron chi connectivity index (χ3n) is 3.01. The number of allylic oxidation sites excluding steroid dienone is 1. The van der Waals surface area contributed by atoms with E-state index in [0.29, 0.717) is 16.9 Å². The number of ketones is 1. The van der Waals surface area contributed by atoms with Gasteiger partial charge >= 0.3 is 6.18 Å². The van der Waals surface area contributed by atoms with Crippen molar-refractivity contribution in [3.05, 3.63) is 71.3 Å². The van der Waals surface area contributed by atoms with E-state index in [1.54, 1.807) is 24.3 Å². The highest BCUT2D eigenvalue weighted by molar-refractivity contribution is 6.08. The van der Waals surface area contributed by atoms with Gasteiger partial charge in [0.25, 0.3) is 0 Å². The van der Waals surface area contributed by atoms with Crippen molar-refractivity contribution in [2.75, 3.05) is 7.11 Å². The van der Waals surface area contributed by atoms with E-state index < -0.39 is 11.7 Å². The Morgan fingerprint density at radius 3 is 2.50 bits per heavy atom. The molecule has 2 rings (SSSR count). The van der Waals surface area contributed by atoms with Crippen molar-refractivity contribution in [1.29, 1.82) is 0 Å². The fourth-order valence-corrected chi connectivity index (χ4v) is 1.93. The maximum atomic E-state index is 12.6. The Bertz CT molecular complexity index is 703. The normalized spacial score (nSPS) is 11.6. The molecule has 5 heteroatoms. The monoisotopic (exact) mass is 306 g/mol. The van der Waals surface area contributed by atoms with E-state index in [2.05, 4.69) is 0 Å². The molecule has 0 saturated heterocycles. The van der Waals surface area contributed by atoms with Gasteiger partial charge in [-0.05, 0) is 35.9 Å². The lowest BCUT2D eigenvalue weighted by Gasteiger charge is -2.07. The molecule has 0 bridgehead atoms. The summed E-state index contributed by atoms with van der Waals surface area (Å²) in [6.45, 7) is 0. The lowest BCUT2D eigenvalue weighted by molar-refractivity contribution is -0.137. The Labute approximate surface area is 125 Å². The Kier molecular flexibility index (Phi) is 4.65. The van der Waals surface area contributed by atoms with Crippen molar-refractivity contribution < 1.29 is 22.7 Å². The molecule has 0 aliphatic carbocycles. The molecule has 0 saturated carbocycles. The fourth-order valence-electron chi connectivity index (χ4n) is 1.93. The quantitative estimate of drug-likeness (QED) is 0.609. The Morgan fingerprint density at radius 1 is 1.09 bits per heavy atom. The third kappa shape index (κ3) is 3.75. The van der Waals surface area contributed by atoms with Crippen LogP contribution in [0, 0.1) is 0 Å². The van der Waals surface area contributed by atoms with Crippen molar-refractivity contribution in [1.82, 2.24) is 0 Å². The number of para-hydroxylation sites is 1. The molecule has 0 aliphatic rings. The minimum absolute atomic E-state index is 0.304. The number of rotatable bonds is 4. The minimum Gasteiger partial charge on any atom is -0.496 e. The largest absolute Gasteiger partial charge is 0.496 e. The zero-order valence-electron chi connectivity index (χ0n) is 11.7. The maximum Gasteiger partial charge on any atom is 0.416 e. The molecule has 0 aliphatic heterocycles. The van der Waals surface area contributed by atoms with Gasteiger partial charge in [0.05, 0.1) is 18.2 Å². The molecule has 0 amide bonds. The number of carbonyl (C=O) groups is 1. The van der Waals surface area contributed by atoms with Crippen LogP contribution in [0.4, 0.5) is 13.2 Å². The van der Waals surface area contributed by atoms with Crippen LogP contribution in [0.2, 0.25) is 0 Å². The molecule has 2 aromatic carbocycles. The van der Waals surface area contributed by atoms with Gasteiger partial charge in [-0.3, -0.25) is 4.79 Å². The van der Waals surface area contributed by atoms with Crippen molar-refractivity contribution in [3.63, 3.8) is 0 Å². The van der Waals surface area contributed by atoms with E-state index in [9.17, 15) is 18.0 Å². The number of halogens is 3. The molecule has 0 fully saturated rings. The summed E-state index contributed by atoms with van der Waals surface area (Å²) in [5.74, 6) is 0.0797. The summed E-state index contributed by atoms with van der Waals surface area (Å²) < 4.78 is 42.9. The van der Waals surface area contributed by atoms with Gasteiger partial charge in [-0.15, -0.1) is 0 Å². The third-order valence-corrected chi connectivity index (χ3v) is 3.01. The molecule has 114 valence electrons. The first-order valence-electron chi connectivity index (χ1n) is 6.44. The van der Waals surface area contributed by atoms with Gasteiger partial charge in [0.1, 0.15) is 5.75 Å². The van der Waals surface area contributed by atoms with E-state index in [1.807, 2.05) is 0 Å². The summed E-state index contributed by atoms with van der Waals surface area (Å²) >= 11 is 0. The molecule has 0 spiro atoms. The summed E-state index contributed by atoms with van der Waals surface area (Å²) in [7, 11) is 1.45. The van der Waals surface area contributed by atoms with E-state index >= 15 is 0 Å². The topological polar surface area (TPSA) is 26.3 Å². The fraction of sp³-hybridized carbons (Fsp3) is 0.118. The first kappa shape index (κ1) is 15.8. The molecule has 0 N–H and O–H groups in total. The smallest absolute Gasteiger partial charge is 0.416 e. The van der Waals surface area contributed by atoms with Gasteiger partial charge in [-0.25, -0.2) is 0 Å². The SMILES string of the molecule is COc1ccccc1C(=O)/C=C/c1cccc(C(F)(F)F)c1. The first-order valence-corrected chi connectivity index (χ1v) is 6.44. The number of benzene rings is 2. The highest BCUT2D eigenvalue weighted by Gasteiger charge is 2.30. The van der Waals surface area contributed by atoms with Crippen LogP contribution in [-0.2, 0) is 6.18 Å². The average molecular weight is 306 g/mol. The van der Waals surface area contributed by atoms with E-state index in [4.69, 9.17) is 4.74 Å². The summed E-state index contributed by atoms with van der Waals surface area (Å²) in [5, 5.41) is 0. The van der Waals surface area contributed by atoms with Crippen LogP contribution in [-0.4, -0.2) is 12.9 Å². The summed E-state index contributed by atoms with van der Waals surface area (Å²) in [6, 6.07) is 11.4. The zero-order valence-corrected chi connectivity index (χ0v) is 11.7. The van der Waals surface area contributed by atoms with E-state index in [1.165, 1.54) is 31.4 Å². The molecule has 0 heterocycles. The summed E-state index contributed by atoms with van der Waals surface area (Å²) in [5.41, 5.74) is -0.0920. The number of methoxy groups -OCH3 is 1. The van der Waals surface area contributed by atoms with E-state index in [-0.39, 0.29) is 5.78 Å². The van der Waals surface area contributed by atoms with Crippen molar-refractivity contribution >= 4 is 11.9 Å². The van der Waals surface area contributed by atoms with Crippen molar-refractivity contribution in [2.45, 2.75) is 6.18 Å². The highest BCUT2D eigenvalue weighted by atomic mass is 19.4. The summed E-state index contributed by atoms with van der Waals surface area (Å²) in [4.78, 5) is 12.1. The molecular formula is C17H13F3O2. The van der Waals surface area contributed by atoms with Gasteiger partial charge in [0.2, 0.25) is 0 Å². The van der Waals surface area contributed by atoms with E-state index in [0.717, 1.165) is 12.1 Å². The lowest BCUT2D eigenvalue weighted by Crippen LogP contribution is -2.04. The molecule has 22 heavy (non-hydrogen) atoms. The van der Waals surface area contributed by atoms with Crippen molar-refractivity contribution in [3.8, 4) is 5.75 Å². The van der Waals surface area contributed by atoms with Crippen molar-refractivity contribution in [2.24, 2.45) is 0 Å².